The number of ketones is 1. The van der Waals surface area contributed by atoms with Gasteiger partial charge < -0.3 is 10.5 Å². The van der Waals surface area contributed by atoms with Gasteiger partial charge in [-0.15, -0.1) is 0 Å². The molecule has 0 spiro atoms. The Balaban J connectivity index is 3.33. The van der Waals surface area contributed by atoms with Crippen molar-refractivity contribution >= 4 is 17.4 Å². The van der Waals surface area contributed by atoms with Crippen LogP contribution >= 0.6 is 11.6 Å². The molecular weight excluding hydrogens is 226 g/mol. The fourth-order valence-corrected chi connectivity index (χ4v) is 1.84. The molecule has 0 aliphatic heterocycles. The van der Waals surface area contributed by atoms with Crippen molar-refractivity contribution in [3.63, 3.8) is 0 Å². The third kappa shape index (κ3) is 2.54. The highest BCUT2D eigenvalue weighted by molar-refractivity contribution is 6.32. The first-order valence-electron chi connectivity index (χ1n) is 5.12. The van der Waals surface area contributed by atoms with E-state index in [9.17, 15) is 4.79 Å². The van der Waals surface area contributed by atoms with Crippen molar-refractivity contribution in [3.8, 4) is 5.75 Å². The minimum atomic E-state index is -0.119. The van der Waals surface area contributed by atoms with Gasteiger partial charge in [0, 0.05) is 5.56 Å². The van der Waals surface area contributed by atoms with Crippen LogP contribution < -0.4 is 10.5 Å². The maximum absolute atomic E-state index is 11.5. The lowest BCUT2D eigenvalue weighted by molar-refractivity contribution is 0.100. The summed E-state index contributed by atoms with van der Waals surface area (Å²) >= 11 is 6.06. The van der Waals surface area contributed by atoms with Gasteiger partial charge in [0.2, 0.25) is 0 Å². The molecule has 1 aromatic rings. The first-order valence-corrected chi connectivity index (χ1v) is 5.49. The van der Waals surface area contributed by atoms with Crippen molar-refractivity contribution < 1.29 is 9.53 Å². The van der Waals surface area contributed by atoms with Crippen LogP contribution in [0.25, 0.3) is 0 Å². The van der Waals surface area contributed by atoms with Crippen molar-refractivity contribution in [3.05, 3.63) is 28.3 Å². The zero-order valence-corrected chi connectivity index (χ0v) is 10.5. The van der Waals surface area contributed by atoms with E-state index in [-0.39, 0.29) is 18.2 Å². The molecular formula is C12H16ClNO2. The van der Waals surface area contributed by atoms with Crippen LogP contribution in [0.2, 0.25) is 5.02 Å². The molecule has 1 rings (SSSR count). The standard InChI is InChI=1S/C12H16ClNO2/c1-7(2)9-4-8(11(15)6-14)5-10(13)12(9)16-3/h4-5,7H,6,14H2,1-3H3. The van der Waals surface area contributed by atoms with Gasteiger partial charge in [-0.05, 0) is 23.6 Å². The third-order valence-corrected chi connectivity index (χ3v) is 2.69. The van der Waals surface area contributed by atoms with Crippen molar-refractivity contribution in [1.29, 1.82) is 0 Å². The third-order valence-electron chi connectivity index (χ3n) is 2.41. The fraction of sp³-hybridized carbons (Fsp3) is 0.417. The highest BCUT2D eigenvalue weighted by atomic mass is 35.5. The van der Waals surface area contributed by atoms with Crippen LogP contribution in [0, 0.1) is 0 Å². The van der Waals surface area contributed by atoms with Crippen LogP contribution in [0.1, 0.15) is 35.7 Å². The van der Waals surface area contributed by atoms with Gasteiger partial charge in [0.25, 0.3) is 0 Å². The SMILES string of the molecule is COc1c(Cl)cc(C(=O)CN)cc1C(C)C. The Hall–Kier alpha value is -1.06. The number of hydrogen-bond acceptors (Lipinski definition) is 3. The Labute approximate surface area is 101 Å². The molecule has 0 aromatic heterocycles. The first kappa shape index (κ1) is 13.0. The Bertz CT molecular complexity index is 402. The molecule has 4 heteroatoms. The molecule has 0 bridgehead atoms. The normalized spacial score (nSPS) is 10.6. The summed E-state index contributed by atoms with van der Waals surface area (Å²) in [5.41, 5.74) is 6.79. The van der Waals surface area contributed by atoms with Crippen molar-refractivity contribution in [2.45, 2.75) is 19.8 Å². The Morgan fingerprint density at radius 3 is 2.56 bits per heavy atom. The number of Topliss-reactive ketones (excluding diaryl/α,β-unsaturated/α-hetero) is 1. The minimum absolute atomic E-state index is 0.0137. The zero-order valence-electron chi connectivity index (χ0n) is 9.71. The largest absolute Gasteiger partial charge is 0.495 e. The number of carbonyl (C=O) groups excluding carboxylic acids is 1. The molecule has 0 unspecified atom stereocenters. The lowest BCUT2D eigenvalue weighted by Crippen LogP contribution is -2.14. The molecule has 1 aromatic carbocycles. The van der Waals surface area contributed by atoms with Gasteiger partial charge in [-0.2, -0.15) is 0 Å². The van der Waals surface area contributed by atoms with E-state index < -0.39 is 0 Å². The molecule has 0 aliphatic carbocycles. The summed E-state index contributed by atoms with van der Waals surface area (Å²) in [4.78, 5) is 11.5. The quantitative estimate of drug-likeness (QED) is 0.825. The van der Waals surface area contributed by atoms with Crippen molar-refractivity contribution in [2.75, 3.05) is 13.7 Å². The molecule has 0 atom stereocenters. The summed E-state index contributed by atoms with van der Waals surface area (Å²) in [6, 6.07) is 3.39. The Morgan fingerprint density at radius 1 is 1.50 bits per heavy atom. The van der Waals surface area contributed by atoms with Gasteiger partial charge in [-0.3, -0.25) is 4.79 Å². The van der Waals surface area contributed by atoms with Crippen LogP contribution in [-0.2, 0) is 0 Å². The monoisotopic (exact) mass is 241 g/mol. The van der Waals surface area contributed by atoms with Crippen LogP contribution in [0.5, 0.6) is 5.75 Å². The molecule has 88 valence electrons. The lowest BCUT2D eigenvalue weighted by atomic mass is 9.98. The van der Waals surface area contributed by atoms with E-state index in [4.69, 9.17) is 22.1 Å². The maximum atomic E-state index is 11.5. The minimum Gasteiger partial charge on any atom is -0.495 e. The lowest BCUT2D eigenvalue weighted by Gasteiger charge is -2.14. The second-order valence-corrected chi connectivity index (χ2v) is 4.27. The predicted molar refractivity (Wildman–Crippen MR) is 65.5 cm³/mol. The molecule has 0 saturated heterocycles. The van der Waals surface area contributed by atoms with Gasteiger partial charge in [0.05, 0.1) is 18.7 Å². The predicted octanol–water partition coefficient (Wildman–Crippen LogP) is 2.61. The van der Waals surface area contributed by atoms with Gasteiger partial charge in [0.1, 0.15) is 5.75 Å². The van der Waals surface area contributed by atoms with E-state index in [1.54, 1.807) is 19.2 Å². The molecule has 0 radical (unpaired) electrons. The van der Waals surface area contributed by atoms with Crippen LogP contribution in [0.3, 0.4) is 0 Å². The van der Waals surface area contributed by atoms with Crippen molar-refractivity contribution in [2.24, 2.45) is 5.73 Å². The Morgan fingerprint density at radius 2 is 2.12 bits per heavy atom. The summed E-state index contributed by atoms with van der Waals surface area (Å²) in [6.07, 6.45) is 0. The average Bonchev–Trinajstić information content (AvgIpc) is 2.26. The number of nitrogens with two attached hydrogens (primary N) is 1. The van der Waals surface area contributed by atoms with Gasteiger partial charge >= 0.3 is 0 Å². The highest BCUT2D eigenvalue weighted by Crippen LogP contribution is 2.34. The average molecular weight is 242 g/mol. The number of benzene rings is 1. The van der Waals surface area contributed by atoms with Gasteiger partial charge in [-0.25, -0.2) is 0 Å². The van der Waals surface area contributed by atoms with E-state index in [0.717, 1.165) is 5.56 Å². The number of hydrogen-bond donors (Lipinski definition) is 1. The number of ether oxygens (including phenoxy) is 1. The smallest absolute Gasteiger partial charge is 0.176 e. The summed E-state index contributed by atoms with van der Waals surface area (Å²) in [5.74, 6) is 0.745. The van der Waals surface area contributed by atoms with E-state index in [2.05, 4.69) is 0 Å². The van der Waals surface area contributed by atoms with E-state index >= 15 is 0 Å². The maximum Gasteiger partial charge on any atom is 0.176 e. The van der Waals surface area contributed by atoms with Gasteiger partial charge in [0.15, 0.2) is 5.78 Å². The zero-order chi connectivity index (χ0) is 12.3. The van der Waals surface area contributed by atoms with Crippen LogP contribution in [0.4, 0.5) is 0 Å². The Kier molecular flexibility index (Phi) is 4.33. The van der Waals surface area contributed by atoms with E-state index in [1.165, 1.54) is 0 Å². The molecule has 2 N–H and O–H groups in total. The fourth-order valence-electron chi connectivity index (χ4n) is 1.54. The van der Waals surface area contributed by atoms with E-state index in [0.29, 0.717) is 16.3 Å². The number of rotatable bonds is 4. The van der Waals surface area contributed by atoms with E-state index in [1.807, 2.05) is 13.8 Å². The topological polar surface area (TPSA) is 52.3 Å². The first-order chi connectivity index (χ1) is 7.51. The second-order valence-electron chi connectivity index (χ2n) is 3.86. The number of carbonyl (C=O) groups is 1. The molecule has 3 nitrogen and oxygen atoms in total. The number of methoxy groups -OCH3 is 1. The number of halogens is 1. The molecule has 0 heterocycles. The van der Waals surface area contributed by atoms with Gasteiger partial charge in [-0.1, -0.05) is 25.4 Å². The second kappa shape index (κ2) is 5.32. The summed E-state index contributed by atoms with van der Waals surface area (Å²) < 4.78 is 5.23. The molecule has 16 heavy (non-hydrogen) atoms. The van der Waals surface area contributed by atoms with Crippen LogP contribution in [-0.4, -0.2) is 19.4 Å². The molecule has 0 fully saturated rings. The summed E-state index contributed by atoms with van der Waals surface area (Å²) in [5, 5.41) is 0.450. The summed E-state index contributed by atoms with van der Waals surface area (Å²) in [6.45, 7) is 4.02. The highest BCUT2D eigenvalue weighted by Gasteiger charge is 2.15. The van der Waals surface area contributed by atoms with Crippen molar-refractivity contribution in [1.82, 2.24) is 0 Å². The molecule has 0 saturated carbocycles. The summed E-state index contributed by atoms with van der Waals surface area (Å²) in [7, 11) is 1.57. The van der Waals surface area contributed by atoms with Crippen LogP contribution in [0.15, 0.2) is 12.1 Å². The molecule has 0 amide bonds. The molecule has 0 aliphatic rings.